The predicted molar refractivity (Wildman–Crippen MR) is 108 cm³/mol. The zero-order chi connectivity index (χ0) is 20.7. The van der Waals surface area contributed by atoms with Crippen LogP contribution in [-0.2, 0) is 25.7 Å². The number of nitrogens with one attached hydrogen (secondary N) is 2. The van der Waals surface area contributed by atoms with Gasteiger partial charge in [-0.1, -0.05) is 20.8 Å². The van der Waals surface area contributed by atoms with Crippen molar-refractivity contribution < 1.29 is 19.1 Å². The molecule has 1 aliphatic heterocycles. The summed E-state index contributed by atoms with van der Waals surface area (Å²) >= 11 is 1.57. The van der Waals surface area contributed by atoms with Crippen LogP contribution in [0.4, 0.5) is 5.69 Å². The Kier molecular flexibility index (Phi) is 7.88. The number of rotatable bonds is 8. The molecule has 1 fully saturated rings. The Hall–Kier alpha value is -2.07. The van der Waals surface area contributed by atoms with Crippen molar-refractivity contribution in [1.29, 1.82) is 0 Å². The Balaban J connectivity index is 1.89. The normalized spacial score (nSPS) is 16.9. The highest BCUT2D eigenvalue weighted by atomic mass is 32.2. The molecule has 1 aliphatic rings. The number of ether oxygens (including phenoxy) is 1. The summed E-state index contributed by atoms with van der Waals surface area (Å²) in [7, 11) is 1.56. The minimum Gasteiger partial charge on any atom is -0.383 e. The van der Waals surface area contributed by atoms with Crippen LogP contribution < -0.4 is 10.6 Å². The van der Waals surface area contributed by atoms with Gasteiger partial charge in [0, 0.05) is 32.0 Å². The van der Waals surface area contributed by atoms with Crippen molar-refractivity contribution in [2.75, 3.05) is 37.2 Å². The average molecular weight is 412 g/mol. The minimum absolute atomic E-state index is 0.0129. The molecule has 0 saturated carbocycles. The molecule has 1 unspecified atom stereocenters. The number of hydrogen-bond acceptors (Lipinski definition) is 6. The molecule has 156 valence electrons. The fourth-order valence-electron chi connectivity index (χ4n) is 2.70. The van der Waals surface area contributed by atoms with Crippen molar-refractivity contribution in [2.45, 2.75) is 39.8 Å². The van der Waals surface area contributed by atoms with Crippen LogP contribution in [0.5, 0.6) is 0 Å². The Morgan fingerprint density at radius 1 is 1.36 bits per heavy atom. The smallest absolute Gasteiger partial charge is 0.248 e. The van der Waals surface area contributed by atoms with E-state index in [1.807, 2.05) is 20.8 Å². The first-order chi connectivity index (χ1) is 13.2. The number of anilines is 1. The highest BCUT2D eigenvalue weighted by molar-refractivity contribution is 7.99. The Labute approximate surface area is 169 Å². The maximum atomic E-state index is 12.7. The van der Waals surface area contributed by atoms with Crippen molar-refractivity contribution in [1.82, 2.24) is 20.0 Å². The predicted octanol–water partition coefficient (Wildman–Crippen LogP) is 0.922. The number of aromatic nitrogens is 2. The fraction of sp³-hybridized carbons (Fsp3) is 0.667. The van der Waals surface area contributed by atoms with Crippen LogP contribution in [0.2, 0.25) is 0 Å². The van der Waals surface area contributed by atoms with Gasteiger partial charge in [0.05, 0.1) is 24.4 Å². The molecule has 2 N–H and O–H groups in total. The van der Waals surface area contributed by atoms with E-state index in [1.54, 1.807) is 30.0 Å². The van der Waals surface area contributed by atoms with Crippen LogP contribution in [-0.4, -0.2) is 70.3 Å². The number of methoxy groups -OCH3 is 1. The zero-order valence-electron chi connectivity index (χ0n) is 16.9. The second-order valence-electron chi connectivity index (χ2n) is 7.88. The first-order valence-corrected chi connectivity index (χ1v) is 10.3. The van der Waals surface area contributed by atoms with Crippen molar-refractivity contribution in [3.8, 4) is 0 Å². The van der Waals surface area contributed by atoms with Crippen LogP contribution in [0.15, 0.2) is 12.4 Å². The molecule has 1 aromatic rings. The molecule has 0 aliphatic carbocycles. The molecule has 2 heterocycles. The van der Waals surface area contributed by atoms with Gasteiger partial charge >= 0.3 is 0 Å². The van der Waals surface area contributed by atoms with Gasteiger partial charge in [-0.25, -0.2) is 0 Å². The van der Waals surface area contributed by atoms with E-state index in [9.17, 15) is 14.4 Å². The van der Waals surface area contributed by atoms with Crippen molar-refractivity contribution in [3.63, 3.8) is 0 Å². The van der Waals surface area contributed by atoms with Crippen LogP contribution in [0.25, 0.3) is 0 Å². The molecular formula is C18H29N5O4S. The van der Waals surface area contributed by atoms with E-state index in [2.05, 4.69) is 15.7 Å². The summed E-state index contributed by atoms with van der Waals surface area (Å²) < 4.78 is 6.32. The van der Waals surface area contributed by atoms with Gasteiger partial charge in [0.1, 0.15) is 12.6 Å². The quantitative estimate of drug-likeness (QED) is 0.617. The zero-order valence-corrected chi connectivity index (χ0v) is 17.7. The molecule has 2 rings (SSSR count). The largest absolute Gasteiger partial charge is 0.383 e. The third-order valence-electron chi connectivity index (χ3n) is 4.02. The lowest BCUT2D eigenvalue weighted by Gasteiger charge is -2.26. The summed E-state index contributed by atoms with van der Waals surface area (Å²) in [5, 5.41) is 9.59. The van der Waals surface area contributed by atoms with E-state index in [1.165, 1.54) is 10.9 Å². The third kappa shape index (κ3) is 6.83. The second kappa shape index (κ2) is 9.92. The van der Waals surface area contributed by atoms with Crippen LogP contribution >= 0.6 is 11.8 Å². The molecular weight excluding hydrogens is 382 g/mol. The number of nitrogens with zero attached hydrogens (tertiary/aromatic N) is 3. The second-order valence-corrected chi connectivity index (χ2v) is 8.88. The molecule has 1 atom stereocenters. The summed E-state index contributed by atoms with van der Waals surface area (Å²) in [5.41, 5.74) is 0.367. The van der Waals surface area contributed by atoms with Gasteiger partial charge in [-0.2, -0.15) is 5.10 Å². The van der Waals surface area contributed by atoms with Gasteiger partial charge in [0.2, 0.25) is 17.7 Å². The van der Waals surface area contributed by atoms with Crippen molar-refractivity contribution in [3.05, 3.63) is 12.4 Å². The van der Waals surface area contributed by atoms with Crippen molar-refractivity contribution in [2.24, 2.45) is 5.41 Å². The van der Waals surface area contributed by atoms with E-state index in [4.69, 9.17) is 4.74 Å². The van der Waals surface area contributed by atoms with E-state index >= 15 is 0 Å². The van der Waals surface area contributed by atoms with E-state index in [0.29, 0.717) is 36.9 Å². The van der Waals surface area contributed by atoms with Gasteiger partial charge in [-0.15, -0.1) is 11.8 Å². The molecule has 28 heavy (non-hydrogen) atoms. The van der Waals surface area contributed by atoms with Crippen LogP contribution in [0.1, 0.15) is 27.2 Å². The summed E-state index contributed by atoms with van der Waals surface area (Å²) in [6.45, 7) is 6.93. The monoisotopic (exact) mass is 411 g/mol. The van der Waals surface area contributed by atoms with E-state index < -0.39 is 6.04 Å². The first-order valence-electron chi connectivity index (χ1n) is 9.16. The molecule has 1 saturated heterocycles. The Bertz CT molecular complexity index is 700. The van der Waals surface area contributed by atoms with Gasteiger partial charge < -0.3 is 20.3 Å². The highest BCUT2D eigenvalue weighted by Crippen LogP contribution is 2.27. The molecule has 10 heteroatoms. The summed E-state index contributed by atoms with van der Waals surface area (Å²) in [6, 6.07) is -0.499. The lowest BCUT2D eigenvalue weighted by atomic mass is 9.91. The topological polar surface area (TPSA) is 106 Å². The lowest BCUT2D eigenvalue weighted by Crippen LogP contribution is -2.45. The summed E-state index contributed by atoms with van der Waals surface area (Å²) in [5.74, 6) is 0.646. The molecule has 0 spiro atoms. The van der Waals surface area contributed by atoms with Crippen molar-refractivity contribution >= 4 is 35.2 Å². The first kappa shape index (κ1) is 22.2. The Morgan fingerprint density at radius 2 is 2.11 bits per heavy atom. The maximum absolute atomic E-state index is 12.7. The lowest BCUT2D eigenvalue weighted by molar-refractivity contribution is -0.137. The number of amides is 3. The molecule has 9 nitrogen and oxygen atoms in total. The number of carbonyl (C=O) groups excluding carboxylic acids is 3. The molecule has 0 radical (unpaired) electrons. The van der Waals surface area contributed by atoms with Gasteiger partial charge in [0.15, 0.2) is 0 Å². The SMILES string of the molecule is COCCNC(=O)Cn1cc(NC(=O)C2CSCN2C(=O)CC(C)(C)C)cn1. The molecule has 1 aromatic heterocycles. The summed E-state index contributed by atoms with van der Waals surface area (Å²) in [4.78, 5) is 38.6. The minimum atomic E-state index is -0.499. The highest BCUT2D eigenvalue weighted by Gasteiger charge is 2.36. The average Bonchev–Trinajstić information content (AvgIpc) is 3.23. The van der Waals surface area contributed by atoms with E-state index in [-0.39, 0.29) is 29.7 Å². The van der Waals surface area contributed by atoms with Crippen LogP contribution in [0, 0.1) is 5.41 Å². The molecule has 3 amide bonds. The third-order valence-corrected chi connectivity index (χ3v) is 5.03. The fourth-order valence-corrected chi connectivity index (χ4v) is 3.88. The Morgan fingerprint density at radius 3 is 2.79 bits per heavy atom. The summed E-state index contributed by atoms with van der Waals surface area (Å²) in [6.07, 6.45) is 3.48. The standard InChI is InChI=1S/C18H29N5O4S/c1-18(2,3)7-16(25)23-12-28-11-14(23)17(26)21-13-8-20-22(9-13)10-15(24)19-5-6-27-4/h8-9,14H,5-7,10-12H2,1-4H3,(H,19,24)(H,21,26). The number of carbonyl (C=O) groups is 3. The van der Waals surface area contributed by atoms with Crippen LogP contribution in [0.3, 0.4) is 0 Å². The molecule has 0 bridgehead atoms. The van der Waals surface area contributed by atoms with Gasteiger partial charge in [0.25, 0.3) is 0 Å². The number of thioether (sulfide) groups is 1. The van der Waals surface area contributed by atoms with Gasteiger partial charge in [-0.05, 0) is 5.41 Å². The van der Waals surface area contributed by atoms with E-state index in [0.717, 1.165) is 0 Å². The van der Waals surface area contributed by atoms with Gasteiger partial charge in [-0.3, -0.25) is 19.1 Å². The number of hydrogen-bond donors (Lipinski definition) is 2. The molecule has 0 aromatic carbocycles. The maximum Gasteiger partial charge on any atom is 0.248 e.